The third-order valence-corrected chi connectivity index (χ3v) is 2.68. The van der Waals surface area contributed by atoms with Gasteiger partial charge in [0.1, 0.15) is 5.75 Å². The van der Waals surface area contributed by atoms with E-state index in [4.69, 9.17) is 15.9 Å². The molecule has 0 bridgehead atoms. The Hall–Kier alpha value is -1.71. The summed E-state index contributed by atoms with van der Waals surface area (Å²) in [5, 5.41) is 7.14. The molecular weight excluding hydrogens is 214 g/mol. The second-order valence-electron chi connectivity index (χ2n) is 4.11. The topological polar surface area (TPSA) is 62.3 Å². The predicted molar refractivity (Wildman–Crippen MR) is 72.0 cm³/mol. The van der Waals surface area contributed by atoms with Crippen LogP contribution in [-0.4, -0.2) is 26.5 Å². The standard InChI is InChI=1S/C13H21N3O/c1-16(9-4-3-8-13(14)15)11-6-5-7-12(10-11)17-2/h5-7,10H,3-4,8-9H2,1-2H3,(H3,14,15). The highest BCUT2D eigenvalue weighted by Gasteiger charge is 2.02. The number of nitrogens with zero attached hydrogens (tertiary/aromatic N) is 1. The zero-order valence-electron chi connectivity index (χ0n) is 10.6. The summed E-state index contributed by atoms with van der Waals surface area (Å²) in [4.78, 5) is 2.18. The zero-order chi connectivity index (χ0) is 12.7. The molecule has 0 aliphatic carbocycles. The fourth-order valence-electron chi connectivity index (χ4n) is 1.64. The van der Waals surface area contributed by atoms with Crippen LogP contribution in [0.5, 0.6) is 5.75 Å². The molecule has 0 aliphatic rings. The quantitative estimate of drug-likeness (QED) is 0.433. The first-order valence-corrected chi connectivity index (χ1v) is 5.81. The van der Waals surface area contributed by atoms with Gasteiger partial charge >= 0.3 is 0 Å². The number of unbranched alkanes of at least 4 members (excludes halogenated alkanes) is 1. The molecule has 1 aromatic rings. The Balaban J connectivity index is 2.40. The number of benzene rings is 1. The van der Waals surface area contributed by atoms with Crippen LogP contribution in [0, 0.1) is 5.41 Å². The third-order valence-electron chi connectivity index (χ3n) is 2.68. The summed E-state index contributed by atoms with van der Waals surface area (Å²) in [6.45, 7) is 0.959. The molecule has 4 heteroatoms. The highest BCUT2D eigenvalue weighted by atomic mass is 16.5. The molecule has 0 unspecified atom stereocenters. The van der Waals surface area contributed by atoms with E-state index < -0.39 is 0 Å². The molecule has 17 heavy (non-hydrogen) atoms. The van der Waals surface area contributed by atoms with E-state index in [9.17, 15) is 0 Å². The molecular formula is C13H21N3O. The molecule has 1 aromatic carbocycles. The number of nitrogens with one attached hydrogen (secondary N) is 1. The van der Waals surface area contributed by atoms with Gasteiger partial charge in [0.25, 0.3) is 0 Å². The molecule has 0 aromatic heterocycles. The summed E-state index contributed by atoms with van der Waals surface area (Å²) in [5.41, 5.74) is 6.46. The van der Waals surface area contributed by atoms with E-state index in [-0.39, 0.29) is 5.84 Å². The fraction of sp³-hybridized carbons (Fsp3) is 0.462. The summed E-state index contributed by atoms with van der Waals surface area (Å²) in [6, 6.07) is 8.01. The smallest absolute Gasteiger partial charge is 0.120 e. The molecule has 0 atom stereocenters. The number of amidine groups is 1. The van der Waals surface area contributed by atoms with Gasteiger partial charge < -0.3 is 15.4 Å². The Morgan fingerprint density at radius 1 is 1.41 bits per heavy atom. The van der Waals surface area contributed by atoms with E-state index in [1.165, 1.54) is 0 Å². The molecule has 0 spiro atoms. The van der Waals surface area contributed by atoms with Crippen molar-refractivity contribution in [2.45, 2.75) is 19.3 Å². The summed E-state index contributed by atoms with van der Waals surface area (Å²) >= 11 is 0. The molecule has 3 N–H and O–H groups in total. The highest BCUT2D eigenvalue weighted by Crippen LogP contribution is 2.20. The molecule has 0 amide bonds. The third kappa shape index (κ3) is 4.76. The van der Waals surface area contributed by atoms with Gasteiger partial charge in [0.05, 0.1) is 12.9 Å². The van der Waals surface area contributed by atoms with Crippen LogP contribution in [0.3, 0.4) is 0 Å². The lowest BCUT2D eigenvalue weighted by Gasteiger charge is -2.19. The predicted octanol–water partition coefficient (Wildman–Crippen LogP) is 2.24. The van der Waals surface area contributed by atoms with Gasteiger partial charge in [0.2, 0.25) is 0 Å². The molecule has 0 radical (unpaired) electrons. The van der Waals surface area contributed by atoms with Gasteiger partial charge in [-0.15, -0.1) is 0 Å². The number of nitrogens with two attached hydrogens (primary N) is 1. The van der Waals surface area contributed by atoms with Crippen molar-refractivity contribution in [3.8, 4) is 5.75 Å². The summed E-state index contributed by atoms with van der Waals surface area (Å²) in [7, 11) is 3.73. The van der Waals surface area contributed by atoms with Crippen LogP contribution in [0.2, 0.25) is 0 Å². The second kappa shape index (κ2) is 6.78. The Kier molecular flexibility index (Phi) is 5.33. The van der Waals surface area contributed by atoms with Crippen molar-refractivity contribution in [2.24, 2.45) is 5.73 Å². The number of rotatable bonds is 7. The van der Waals surface area contributed by atoms with E-state index in [1.54, 1.807) is 7.11 Å². The molecule has 0 saturated carbocycles. The minimum absolute atomic E-state index is 0.272. The van der Waals surface area contributed by atoms with Crippen molar-refractivity contribution in [3.63, 3.8) is 0 Å². The Bertz CT molecular complexity index is 365. The first-order chi connectivity index (χ1) is 8.13. The SMILES string of the molecule is COc1cccc(N(C)CCCCC(=N)N)c1. The molecule has 0 saturated heterocycles. The van der Waals surface area contributed by atoms with E-state index in [0.29, 0.717) is 6.42 Å². The number of anilines is 1. The van der Waals surface area contributed by atoms with Crippen LogP contribution in [0.15, 0.2) is 24.3 Å². The average Bonchev–Trinajstić information content (AvgIpc) is 2.34. The maximum absolute atomic E-state index is 7.14. The molecule has 94 valence electrons. The maximum Gasteiger partial charge on any atom is 0.120 e. The van der Waals surface area contributed by atoms with E-state index >= 15 is 0 Å². The van der Waals surface area contributed by atoms with Crippen molar-refractivity contribution in [1.29, 1.82) is 5.41 Å². The van der Waals surface area contributed by atoms with Crippen LogP contribution in [0.4, 0.5) is 5.69 Å². The highest BCUT2D eigenvalue weighted by molar-refractivity contribution is 5.76. The Morgan fingerprint density at radius 3 is 2.82 bits per heavy atom. The lowest BCUT2D eigenvalue weighted by Crippen LogP contribution is -2.19. The first kappa shape index (κ1) is 13.4. The minimum atomic E-state index is 0.272. The van der Waals surface area contributed by atoms with E-state index in [1.807, 2.05) is 18.2 Å². The normalized spacial score (nSPS) is 10.0. The molecule has 0 fully saturated rings. The number of ether oxygens (including phenoxy) is 1. The van der Waals surface area contributed by atoms with Crippen molar-refractivity contribution in [2.75, 3.05) is 25.6 Å². The van der Waals surface area contributed by atoms with Crippen molar-refractivity contribution in [1.82, 2.24) is 0 Å². The molecule has 1 rings (SSSR count). The van der Waals surface area contributed by atoms with Gasteiger partial charge in [0, 0.05) is 31.8 Å². The van der Waals surface area contributed by atoms with Gasteiger partial charge in [-0.25, -0.2) is 0 Å². The van der Waals surface area contributed by atoms with Crippen molar-refractivity contribution >= 4 is 11.5 Å². The van der Waals surface area contributed by atoms with Crippen LogP contribution in [0.1, 0.15) is 19.3 Å². The maximum atomic E-state index is 7.14. The summed E-state index contributed by atoms with van der Waals surface area (Å²) < 4.78 is 5.19. The number of hydrogen-bond acceptors (Lipinski definition) is 3. The summed E-state index contributed by atoms with van der Waals surface area (Å²) in [6.07, 6.45) is 2.68. The van der Waals surface area contributed by atoms with Crippen molar-refractivity contribution < 1.29 is 4.74 Å². The van der Waals surface area contributed by atoms with Gasteiger partial charge in [-0.3, -0.25) is 5.41 Å². The average molecular weight is 235 g/mol. The van der Waals surface area contributed by atoms with Gasteiger partial charge in [-0.05, 0) is 25.0 Å². The largest absolute Gasteiger partial charge is 0.497 e. The zero-order valence-corrected chi connectivity index (χ0v) is 10.6. The molecule has 4 nitrogen and oxygen atoms in total. The number of hydrogen-bond donors (Lipinski definition) is 2. The van der Waals surface area contributed by atoms with Crippen LogP contribution in [-0.2, 0) is 0 Å². The van der Waals surface area contributed by atoms with Crippen molar-refractivity contribution in [3.05, 3.63) is 24.3 Å². The van der Waals surface area contributed by atoms with Gasteiger partial charge in [-0.1, -0.05) is 6.07 Å². The van der Waals surface area contributed by atoms with Crippen LogP contribution in [0.25, 0.3) is 0 Å². The molecule has 0 aliphatic heterocycles. The van der Waals surface area contributed by atoms with E-state index in [0.717, 1.165) is 30.8 Å². The number of methoxy groups -OCH3 is 1. The van der Waals surface area contributed by atoms with Gasteiger partial charge in [0.15, 0.2) is 0 Å². The fourth-order valence-corrected chi connectivity index (χ4v) is 1.64. The monoisotopic (exact) mass is 235 g/mol. The van der Waals surface area contributed by atoms with Crippen LogP contribution >= 0.6 is 0 Å². The van der Waals surface area contributed by atoms with E-state index in [2.05, 4.69) is 18.0 Å². The minimum Gasteiger partial charge on any atom is -0.497 e. The molecule has 0 heterocycles. The Morgan fingerprint density at radius 2 is 2.18 bits per heavy atom. The van der Waals surface area contributed by atoms with Crippen LogP contribution < -0.4 is 15.4 Å². The Labute approximate surface area is 103 Å². The first-order valence-electron chi connectivity index (χ1n) is 5.81. The lowest BCUT2D eigenvalue weighted by atomic mass is 10.2. The lowest BCUT2D eigenvalue weighted by molar-refractivity contribution is 0.415. The van der Waals surface area contributed by atoms with Gasteiger partial charge in [-0.2, -0.15) is 0 Å². The summed E-state index contributed by atoms with van der Waals surface area (Å²) in [5.74, 6) is 1.15. The second-order valence-corrected chi connectivity index (χ2v) is 4.11.